The third-order valence-corrected chi connectivity index (χ3v) is 9.17. The molecule has 40 heavy (non-hydrogen) atoms. The molecule has 1 unspecified atom stereocenters. The highest BCUT2D eigenvalue weighted by atomic mass is 16.5. The van der Waals surface area contributed by atoms with Gasteiger partial charge in [0.1, 0.15) is 12.1 Å². The minimum atomic E-state index is -0.664. The number of amides is 3. The van der Waals surface area contributed by atoms with Gasteiger partial charge in [-0.05, 0) is 70.0 Å². The predicted molar refractivity (Wildman–Crippen MR) is 154 cm³/mol. The molecule has 3 rings (SSSR count). The van der Waals surface area contributed by atoms with Crippen LogP contribution in [0.5, 0.6) is 0 Å². The van der Waals surface area contributed by atoms with E-state index in [-0.39, 0.29) is 47.7 Å². The molecule has 3 saturated heterocycles. The Morgan fingerprint density at radius 2 is 1.55 bits per heavy atom. The molecule has 10 nitrogen and oxygen atoms in total. The molecular weight excluding hydrogens is 510 g/mol. The quantitative estimate of drug-likeness (QED) is 0.429. The lowest BCUT2D eigenvalue weighted by atomic mass is 9.84. The van der Waals surface area contributed by atoms with E-state index in [1.54, 1.807) is 9.80 Å². The summed E-state index contributed by atoms with van der Waals surface area (Å²) in [4.78, 5) is 61.0. The Labute approximate surface area is 241 Å². The number of hydrogen-bond donors (Lipinski definition) is 1. The second-order valence-electron chi connectivity index (χ2n) is 13.4. The molecule has 3 aliphatic heterocycles. The number of piperidine rings is 1. The van der Waals surface area contributed by atoms with Crippen molar-refractivity contribution in [2.75, 3.05) is 47.4 Å². The first-order valence-electron chi connectivity index (χ1n) is 15.2. The third-order valence-electron chi connectivity index (χ3n) is 9.17. The summed E-state index contributed by atoms with van der Waals surface area (Å²) in [6.07, 6.45) is 5.96. The summed E-state index contributed by atoms with van der Waals surface area (Å²) < 4.78 is 4.96. The number of carbonyl (C=O) groups is 4. The summed E-state index contributed by atoms with van der Waals surface area (Å²) in [6, 6.07) is -1.84. The van der Waals surface area contributed by atoms with Crippen molar-refractivity contribution in [3.63, 3.8) is 0 Å². The van der Waals surface area contributed by atoms with Gasteiger partial charge in [-0.2, -0.15) is 0 Å². The van der Waals surface area contributed by atoms with Gasteiger partial charge in [0.25, 0.3) is 0 Å². The molecule has 0 bridgehead atoms. The van der Waals surface area contributed by atoms with Crippen molar-refractivity contribution < 1.29 is 23.9 Å². The van der Waals surface area contributed by atoms with Crippen LogP contribution in [-0.4, -0.2) is 121 Å². The monoisotopic (exact) mass is 563 g/mol. The van der Waals surface area contributed by atoms with Crippen molar-refractivity contribution in [2.24, 2.45) is 11.3 Å². The normalized spacial score (nSPS) is 26.0. The van der Waals surface area contributed by atoms with E-state index in [4.69, 9.17) is 4.74 Å². The van der Waals surface area contributed by atoms with E-state index < -0.39 is 17.5 Å². The highest BCUT2D eigenvalue weighted by Gasteiger charge is 2.43. The molecule has 228 valence electrons. The lowest BCUT2D eigenvalue weighted by molar-refractivity contribution is -0.152. The van der Waals surface area contributed by atoms with Crippen LogP contribution in [0, 0.1) is 11.3 Å². The Hall–Kier alpha value is -2.20. The minimum absolute atomic E-state index is 0.0154. The highest BCUT2D eigenvalue weighted by molar-refractivity contribution is 5.91. The van der Waals surface area contributed by atoms with Gasteiger partial charge >= 0.3 is 5.97 Å². The molecule has 1 N–H and O–H groups in total. The van der Waals surface area contributed by atoms with E-state index in [2.05, 4.69) is 29.0 Å². The van der Waals surface area contributed by atoms with Crippen LogP contribution in [0.2, 0.25) is 0 Å². The van der Waals surface area contributed by atoms with E-state index >= 15 is 0 Å². The van der Waals surface area contributed by atoms with Crippen LogP contribution >= 0.6 is 0 Å². The average molecular weight is 564 g/mol. The summed E-state index contributed by atoms with van der Waals surface area (Å²) in [7, 11) is 5.17. The summed E-state index contributed by atoms with van der Waals surface area (Å²) in [5.41, 5.74) is -0.472. The number of nitrogens with zero attached hydrogens (tertiary/aromatic N) is 4. The van der Waals surface area contributed by atoms with E-state index in [0.29, 0.717) is 19.5 Å². The molecule has 3 fully saturated rings. The van der Waals surface area contributed by atoms with Crippen molar-refractivity contribution >= 4 is 23.7 Å². The zero-order chi connectivity index (χ0) is 29.8. The Morgan fingerprint density at radius 1 is 0.925 bits per heavy atom. The average Bonchev–Trinajstić information content (AvgIpc) is 3.58. The van der Waals surface area contributed by atoms with Gasteiger partial charge in [0.05, 0.1) is 19.2 Å². The van der Waals surface area contributed by atoms with Gasteiger partial charge in [-0.3, -0.25) is 24.2 Å². The molecule has 0 saturated carbocycles. The molecule has 0 aromatic carbocycles. The van der Waals surface area contributed by atoms with Crippen LogP contribution in [0.1, 0.15) is 79.6 Å². The summed E-state index contributed by atoms with van der Waals surface area (Å²) >= 11 is 0. The molecule has 0 radical (unpaired) electrons. The first-order valence-corrected chi connectivity index (χ1v) is 15.2. The van der Waals surface area contributed by atoms with Gasteiger partial charge in [-0.25, -0.2) is 4.79 Å². The molecular formula is C30H53N5O5. The van der Waals surface area contributed by atoms with Crippen LogP contribution in [0.15, 0.2) is 0 Å². The summed E-state index contributed by atoms with van der Waals surface area (Å²) in [6.45, 7) is 12.9. The number of carbonyl (C=O) groups excluding carboxylic acids is 4. The van der Waals surface area contributed by atoms with Crippen molar-refractivity contribution in [2.45, 2.75) is 110 Å². The number of rotatable bonds is 9. The zero-order valence-corrected chi connectivity index (χ0v) is 26.1. The largest absolute Gasteiger partial charge is 0.467 e. The second kappa shape index (κ2) is 13.6. The van der Waals surface area contributed by atoms with E-state index in [0.717, 1.165) is 51.6 Å². The fourth-order valence-corrected chi connectivity index (χ4v) is 6.61. The van der Waals surface area contributed by atoms with Gasteiger partial charge in [0.15, 0.2) is 0 Å². The maximum Gasteiger partial charge on any atom is 0.328 e. The van der Waals surface area contributed by atoms with Gasteiger partial charge in [0.2, 0.25) is 17.7 Å². The van der Waals surface area contributed by atoms with Crippen LogP contribution in [-0.2, 0) is 23.9 Å². The van der Waals surface area contributed by atoms with Crippen LogP contribution < -0.4 is 5.32 Å². The van der Waals surface area contributed by atoms with Gasteiger partial charge < -0.3 is 19.9 Å². The number of ether oxygens (including phenoxy) is 1. The van der Waals surface area contributed by atoms with Gasteiger partial charge in [-0.15, -0.1) is 0 Å². The fourth-order valence-electron chi connectivity index (χ4n) is 6.61. The standard InChI is InChI=1S/C30H53N5O5/c1-20(2)24(19-34-17-11-14-22(34)27(37)35-18-12-15-23(35)29(39)40-8)33(7)28(38)25(30(3,4)5)31-26(36)21-13-9-10-16-32(21)6/h20-25H,9-19H2,1-8H3,(H,31,36)/t21?,22-,23+,24-,25-/m1/s1. The van der Waals surface area contributed by atoms with Crippen molar-refractivity contribution in [1.82, 2.24) is 24.9 Å². The fraction of sp³-hybridized carbons (Fsp3) is 0.867. The van der Waals surface area contributed by atoms with E-state index in [1.807, 2.05) is 34.9 Å². The number of hydrogen-bond acceptors (Lipinski definition) is 7. The van der Waals surface area contributed by atoms with Crippen LogP contribution in [0.25, 0.3) is 0 Å². The molecule has 5 atom stereocenters. The highest BCUT2D eigenvalue weighted by Crippen LogP contribution is 2.28. The molecule has 0 spiro atoms. The number of esters is 1. The van der Waals surface area contributed by atoms with Crippen molar-refractivity contribution in [3.8, 4) is 0 Å². The molecule has 0 aliphatic carbocycles. The van der Waals surface area contributed by atoms with Crippen LogP contribution in [0.4, 0.5) is 0 Å². The SMILES string of the molecule is COC(=O)[C@@H]1CCCN1C(=O)[C@H]1CCCN1C[C@H](C(C)C)N(C)C(=O)[C@@H](NC(=O)C1CCCCN1C)C(C)(C)C. The first kappa shape index (κ1) is 32.3. The smallest absolute Gasteiger partial charge is 0.328 e. The molecule has 3 amide bonds. The molecule has 10 heteroatoms. The summed E-state index contributed by atoms with van der Waals surface area (Å²) in [5.74, 6) is -0.416. The van der Waals surface area contributed by atoms with Gasteiger partial charge in [-0.1, -0.05) is 41.0 Å². The zero-order valence-electron chi connectivity index (χ0n) is 26.1. The molecule has 0 aromatic rings. The minimum Gasteiger partial charge on any atom is -0.467 e. The Morgan fingerprint density at radius 3 is 2.15 bits per heavy atom. The van der Waals surface area contributed by atoms with E-state index in [9.17, 15) is 19.2 Å². The summed E-state index contributed by atoms with van der Waals surface area (Å²) in [5, 5.41) is 3.12. The lowest BCUT2D eigenvalue weighted by Crippen LogP contribution is -2.61. The third kappa shape index (κ3) is 7.35. The van der Waals surface area contributed by atoms with Crippen molar-refractivity contribution in [3.05, 3.63) is 0 Å². The molecule has 3 heterocycles. The Bertz CT molecular complexity index is 919. The first-order chi connectivity index (χ1) is 18.8. The lowest BCUT2D eigenvalue weighted by Gasteiger charge is -2.41. The van der Waals surface area contributed by atoms with Gasteiger partial charge in [0, 0.05) is 26.2 Å². The Kier molecular flexibility index (Phi) is 11.0. The Balaban J connectivity index is 1.74. The number of likely N-dealkylation sites (N-methyl/N-ethyl adjacent to an activating group) is 2. The maximum absolute atomic E-state index is 14.0. The second-order valence-corrected chi connectivity index (χ2v) is 13.4. The number of methoxy groups -OCH3 is 1. The number of likely N-dealkylation sites (tertiary alicyclic amines) is 3. The maximum atomic E-state index is 14.0. The predicted octanol–water partition coefficient (Wildman–Crippen LogP) is 2.11. The van der Waals surface area contributed by atoms with Crippen molar-refractivity contribution in [1.29, 1.82) is 0 Å². The topological polar surface area (TPSA) is 102 Å². The number of nitrogens with one attached hydrogen (secondary N) is 1. The van der Waals surface area contributed by atoms with Crippen LogP contribution in [0.3, 0.4) is 0 Å². The van der Waals surface area contributed by atoms with E-state index in [1.165, 1.54) is 7.11 Å². The molecule has 3 aliphatic rings. The molecule has 0 aromatic heterocycles.